The van der Waals surface area contributed by atoms with Gasteiger partial charge in [-0.25, -0.2) is 9.59 Å². The third-order valence-corrected chi connectivity index (χ3v) is 2.18. The van der Waals surface area contributed by atoms with E-state index in [0.29, 0.717) is 13.1 Å². The van der Waals surface area contributed by atoms with Crippen molar-refractivity contribution in [3.05, 3.63) is 11.8 Å². The third kappa shape index (κ3) is 2.76. The molecule has 1 saturated heterocycles. The Kier molecular flexibility index (Phi) is 3.50. The fourth-order valence-electron chi connectivity index (χ4n) is 1.54. The highest BCUT2D eigenvalue weighted by molar-refractivity contribution is 5.94. The SMILES string of the molecule is O=C(O)C=C(C(=O)O)N1CCCCC1. The van der Waals surface area contributed by atoms with Gasteiger partial charge in [0.05, 0.1) is 6.08 Å². The summed E-state index contributed by atoms with van der Waals surface area (Å²) in [5, 5.41) is 17.3. The Bertz CT molecular complexity index is 266. The molecule has 0 atom stereocenters. The second kappa shape index (κ2) is 4.64. The maximum atomic E-state index is 10.8. The van der Waals surface area contributed by atoms with Gasteiger partial charge in [0.25, 0.3) is 0 Å². The van der Waals surface area contributed by atoms with Crippen molar-refractivity contribution in [2.45, 2.75) is 19.3 Å². The maximum absolute atomic E-state index is 10.8. The van der Waals surface area contributed by atoms with Gasteiger partial charge in [-0.3, -0.25) is 0 Å². The van der Waals surface area contributed by atoms with E-state index < -0.39 is 11.9 Å². The Morgan fingerprint density at radius 3 is 2.07 bits per heavy atom. The molecule has 14 heavy (non-hydrogen) atoms. The Balaban J connectivity index is 2.76. The molecule has 5 nitrogen and oxygen atoms in total. The molecule has 1 fully saturated rings. The zero-order valence-corrected chi connectivity index (χ0v) is 7.77. The van der Waals surface area contributed by atoms with Crippen LogP contribution in [0.15, 0.2) is 11.8 Å². The molecule has 0 spiro atoms. The minimum Gasteiger partial charge on any atom is -0.478 e. The average Bonchev–Trinajstić information content (AvgIpc) is 2.15. The molecule has 0 bridgehead atoms. The third-order valence-electron chi connectivity index (χ3n) is 2.18. The van der Waals surface area contributed by atoms with E-state index >= 15 is 0 Å². The maximum Gasteiger partial charge on any atom is 0.352 e. The largest absolute Gasteiger partial charge is 0.478 e. The van der Waals surface area contributed by atoms with Gasteiger partial charge in [-0.05, 0) is 19.3 Å². The van der Waals surface area contributed by atoms with Gasteiger partial charge in [-0.2, -0.15) is 0 Å². The first-order valence-corrected chi connectivity index (χ1v) is 4.54. The number of hydrogen-bond donors (Lipinski definition) is 2. The Labute approximate surface area is 81.6 Å². The summed E-state index contributed by atoms with van der Waals surface area (Å²) in [4.78, 5) is 22.8. The first kappa shape index (κ1) is 10.6. The van der Waals surface area contributed by atoms with Crippen LogP contribution in [0.25, 0.3) is 0 Å². The normalized spacial score (nSPS) is 18.0. The summed E-state index contributed by atoms with van der Waals surface area (Å²) >= 11 is 0. The summed E-state index contributed by atoms with van der Waals surface area (Å²) < 4.78 is 0. The molecule has 1 heterocycles. The van der Waals surface area contributed by atoms with Crippen LogP contribution in [-0.4, -0.2) is 40.1 Å². The highest BCUT2D eigenvalue weighted by Crippen LogP contribution is 2.14. The van der Waals surface area contributed by atoms with E-state index in [1.165, 1.54) is 0 Å². The molecule has 1 rings (SSSR count). The van der Waals surface area contributed by atoms with E-state index in [0.717, 1.165) is 25.3 Å². The van der Waals surface area contributed by atoms with E-state index in [-0.39, 0.29) is 5.70 Å². The van der Waals surface area contributed by atoms with Crippen LogP contribution < -0.4 is 0 Å². The van der Waals surface area contributed by atoms with E-state index in [1.54, 1.807) is 4.90 Å². The minimum atomic E-state index is -1.21. The fraction of sp³-hybridized carbons (Fsp3) is 0.556. The minimum absolute atomic E-state index is 0.114. The number of likely N-dealkylation sites (tertiary alicyclic amines) is 1. The zero-order valence-electron chi connectivity index (χ0n) is 7.77. The van der Waals surface area contributed by atoms with Crippen LogP contribution in [0.3, 0.4) is 0 Å². The molecular weight excluding hydrogens is 186 g/mol. The number of rotatable bonds is 3. The number of carboxylic acids is 2. The lowest BCUT2D eigenvalue weighted by molar-refractivity contribution is -0.136. The number of carbonyl (C=O) groups is 2. The van der Waals surface area contributed by atoms with E-state index in [1.807, 2.05) is 0 Å². The molecule has 1 aliphatic heterocycles. The molecule has 0 unspecified atom stereocenters. The molecule has 5 heteroatoms. The molecular formula is C9H13NO4. The van der Waals surface area contributed by atoms with Crippen molar-refractivity contribution >= 4 is 11.9 Å². The lowest BCUT2D eigenvalue weighted by atomic mass is 10.1. The summed E-state index contributed by atoms with van der Waals surface area (Å²) in [5.74, 6) is -2.39. The van der Waals surface area contributed by atoms with Crippen molar-refractivity contribution < 1.29 is 19.8 Å². The van der Waals surface area contributed by atoms with Crippen LogP contribution in [-0.2, 0) is 9.59 Å². The summed E-state index contributed by atoms with van der Waals surface area (Å²) in [6.45, 7) is 1.26. The van der Waals surface area contributed by atoms with Crippen molar-refractivity contribution in [3.8, 4) is 0 Å². The molecule has 0 aliphatic carbocycles. The number of hydrogen-bond acceptors (Lipinski definition) is 3. The highest BCUT2D eigenvalue weighted by Gasteiger charge is 2.19. The molecule has 0 aromatic heterocycles. The first-order chi connectivity index (χ1) is 6.61. The summed E-state index contributed by atoms with van der Waals surface area (Å²) in [6.07, 6.45) is 3.68. The van der Waals surface area contributed by atoms with Gasteiger partial charge in [-0.15, -0.1) is 0 Å². The standard InChI is InChI=1S/C9H13NO4/c11-8(12)6-7(9(13)14)10-4-2-1-3-5-10/h6H,1-5H2,(H,11,12)(H,13,14). The van der Waals surface area contributed by atoms with Gasteiger partial charge >= 0.3 is 11.9 Å². The van der Waals surface area contributed by atoms with Crippen molar-refractivity contribution in [2.24, 2.45) is 0 Å². The van der Waals surface area contributed by atoms with Crippen LogP contribution >= 0.6 is 0 Å². The summed E-state index contributed by atoms with van der Waals surface area (Å²) in [6, 6.07) is 0. The molecule has 0 aromatic carbocycles. The van der Waals surface area contributed by atoms with Crippen molar-refractivity contribution in [1.82, 2.24) is 4.90 Å². The van der Waals surface area contributed by atoms with Gasteiger partial charge in [0.1, 0.15) is 5.70 Å². The van der Waals surface area contributed by atoms with Crippen LogP contribution in [0, 0.1) is 0 Å². The second-order valence-corrected chi connectivity index (χ2v) is 3.22. The fourth-order valence-corrected chi connectivity index (χ4v) is 1.54. The van der Waals surface area contributed by atoms with E-state index in [2.05, 4.69) is 0 Å². The number of carboxylic acid groups (broad SMARTS) is 2. The van der Waals surface area contributed by atoms with Gasteiger partial charge in [0, 0.05) is 13.1 Å². The predicted octanol–water partition coefficient (Wildman–Crippen LogP) is 0.525. The van der Waals surface area contributed by atoms with Crippen molar-refractivity contribution in [1.29, 1.82) is 0 Å². The highest BCUT2D eigenvalue weighted by atomic mass is 16.4. The lowest BCUT2D eigenvalue weighted by Crippen LogP contribution is -2.33. The summed E-state index contributed by atoms with van der Waals surface area (Å²) in [7, 11) is 0. The first-order valence-electron chi connectivity index (χ1n) is 4.54. The molecule has 1 aliphatic rings. The second-order valence-electron chi connectivity index (χ2n) is 3.22. The summed E-state index contributed by atoms with van der Waals surface area (Å²) in [5.41, 5.74) is -0.114. The van der Waals surface area contributed by atoms with Crippen LogP contribution in [0.1, 0.15) is 19.3 Å². The van der Waals surface area contributed by atoms with E-state index in [4.69, 9.17) is 10.2 Å². The number of piperidine rings is 1. The molecule has 78 valence electrons. The molecule has 0 radical (unpaired) electrons. The molecule has 0 saturated carbocycles. The van der Waals surface area contributed by atoms with Crippen LogP contribution in [0.4, 0.5) is 0 Å². The molecule has 0 aromatic rings. The van der Waals surface area contributed by atoms with Gasteiger partial charge in [0.2, 0.25) is 0 Å². The van der Waals surface area contributed by atoms with Gasteiger partial charge in [-0.1, -0.05) is 0 Å². The smallest absolute Gasteiger partial charge is 0.352 e. The number of aliphatic carboxylic acids is 2. The van der Waals surface area contributed by atoms with Gasteiger partial charge < -0.3 is 15.1 Å². The molecule has 0 amide bonds. The van der Waals surface area contributed by atoms with E-state index in [9.17, 15) is 9.59 Å². The lowest BCUT2D eigenvalue weighted by Gasteiger charge is -2.28. The predicted molar refractivity (Wildman–Crippen MR) is 48.8 cm³/mol. The zero-order chi connectivity index (χ0) is 10.6. The Morgan fingerprint density at radius 1 is 1.07 bits per heavy atom. The van der Waals surface area contributed by atoms with Crippen LogP contribution in [0.5, 0.6) is 0 Å². The van der Waals surface area contributed by atoms with Crippen molar-refractivity contribution in [3.63, 3.8) is 0 Å². The molecule has 2 N–H and O–H groups in total. The van der Waals surface area contributed by atoms with Crippen LogP contribution in [0.2, 0.25) is 0 Å². The monoisotopic (exact) mass is 199 g/mol. The quantitative estimate of drug-likeness (QED) is 0.648. The Hall–Kier alpha value is -1.52. The van der Waals surface area contributed by atoms with Crippen molar-refractivity contribution in [2.75, 3.05) is 13.1 Å². The topological polar surface area (TPSA) is 77.8 Å². The number of nitrogens with zero attached hydrogens (tertiary/aromatic N) is 1. The van der Waals surface area contributed by atoms with Gasteiger partial charge in [0.15, 0.2) is 0 Å². The Morgan fingerprint density at radius 2 is 1.64 bits per heavy atom. The average molecular weight is 199 g/mol.